The Morgan fingerprint density at radius 3 is 2.59 bits per heavy atom. The highest BCUT2D eigenvalue weighted by Gasteiger charge is 2.41. The summed E-state index contributed by atoms with van der Waals surface area (Å²) in [4.78, 5) is 25.4. The predicted molar refractivity (Wildman–Crippen MR) is 120 cm³/mol. The minimum atomic E-state index is -0.926. The molecular weight excluding hydrogens is 408 g/mol. The van der Waals surface area contributed by atoms with Gasteiger partial charge in [-0.05, 0) is 36.3 Å². The topological polar surface area (TPSA) is 137 Å². The minimum Gasteiger partial charge on any atom is -0.465 e. The Hall–Kier alpha value is -3.54. The molecule has 4 N–H and O–H groups in total. The SMILES string of the molecule is CC(C)(C)C1CC(C(CC#N)n2cc(C(N)=O)c(Nc3ccccc3)n2)CCN1C(=O)O. The number of carbonyl (C=O) groups is 2. The van der Waals surface area contributed by atoms with Crippen molar-refractivity contribution in [2.45, 2.75) is 52.1 Å². The van der Waals surface area contributed by atoms with Crippen molar-refractivity contribution in [1.82, 2.24) is 14.7 Å². The fourth-order valence-corrected chi connectivity index (χ4v) is 4.45. The van der Waals surface area contributed by atoms with Gasteiger partial charge in [0.15, 0.2) is 5.82 Å². The number of aromatic nitrogens is 2. The molecule has 170 valence electrons. The second-order valence-electron chi connectivity index (χ2n) is 9.30. The van der Waals surface area contributed by atoms with E-state index in [0.717, 1.165) is 5.69 Å². The molecule has 0 aliphatic carbocycles. The van der Waals surface area contributed by atoms with E-state index in [-0.39, 0.29) is 35.4 Å². The van der Waals surface area contributed by atoms with Gasteiger partial charge in [0.2, 0.25) is 0 Å². The Balaban J connectivity index is 1.93. The number of rotatable bonds is 6. The van der Waals surface area contributed by atoms with E-state index in [9.17, 15) is 20.0 Å². The van der Waals surface area contributed by atoms with Gasteiger partial charge in [0.05, 0.1) is 18.5 Å². The van der Waals surface area contributed by atoms with Crippen molar-refractivity contribution in [3.05, 3.63) is 42.1 Å². The van der Waals surface area contributed by atoms with E-state index in [2.05, 4.69) is 16.5 Å². The largest absolute Gasteiger partial charge is 0.465 e. The number of nitrogens with zero attached hydrogens (tertiary/aromatic N) is 4. The van der Waals surface area contributed by atoms with Crippen LogP contribution in [-0.2, 0) is 0 Å². The summed E-state index contributed by atoms with van der Waals surface area (Å²) in [5, 5.41) is 26.9. The van der Waals surface area contributed by atoms with E-state index >= 15 is 0 Å². The third-order valence-corrected chi connectivity index (χ3v) is 6.11. The first-order chi connectivity index (χ1) is 15.1. The summed E-state index contributed by atoms with van der Waals surface area (Å²) < 4.78 is 1.65. The number of anilines is 2. The summed E-state index contributed by atoms with van der Waals surface area (Å²) in [5.74, 6) is -0.250. The Bertz CT molecular complexity index is 1000. The number of primary amides is 1. The van der Waals surface area contributed by atoms with Crippen molar-refractivity contribution >= 4 is 23.5 Å². The highest BCUT2D eigenvalue weighted by atomic mass is 16.4. The number of hydrogen-bond acceptors (Lipinski definition) is 5. The quantitative estimate of drug-likeness (QED) is 0.624. The van der Waals surface area contributed by atoms with Gasteiger partial charge in [0.1, 0.15) is 5.56 Å². The van der Waals surface area contributed by atoms with Crippen LogP contribution in [0.3, 0.4) is 0 Å². The molecule has 3 unspecified atom stereocenters. The van der Waals surface area contributed by atoms with Crippen molar-refractivity contribution in [1.29, 1.82) is 5.26 Å². The van der Waals surface area contributed by atoms with Crippen LogP contribution in [0.25, 0.3) is 0 Å². The maximum Gasteiger partial charge on any atom is 0.407 e. The van der Waals surface area contributed by atoms with Crippen LogP contribution in [-0.4, -0.2) is 44.4 Å². The zero-order valence-corrected chi connectivity index (χ0v) is 18.7. The smallest absolute Gasteiger partial charge is 0.407 e. The number of nitrogens with one attached hydrogen (secondary N) is 1. The number of carboxylic acid groups (broad SMARTS) is 1. The van der Waals surface area contributed by atoms with Gasteiger partial charge in [-0.3, -0.25) is 9.48 Å². The monoisotopic (exact) mass is 438 g/mol. The molecule has 0 spiro atoms. The Kier molecular flexibility index (Phi) is 6.72. The van der Waals surface area contributed by atoms with Gasteiger partial charge in [-0.15, -0.1) is 0 Å². The van der Waals surface area contributed by atoms with Crippen LogP contribution in [0.2, 0.25) is 0 Å². The lowest BCUT2D eigenvalue weighted by Gasteiger charge is -2.46. The molecule has 9 nitrogen and oxygen atoms in total. The summed E-state index contributed by atoms with van der Waals surface area (Å²) in [6, 6.07) is 11.1. The lowest BCUT2D eigenvalue weighted by Crippen LogP contribution is -2.52. The number of carbonyl (C=O) groups excluding carboxylic acids is 1. The summed E-state index contributed by atoms with van der Waals surface area (Å²) in [5.41, 5.74) is 6.35. The average molecular weight is 439 g/mol. The highest BCUT2D eigenvalue weighted by Crippen LogP contribution is 2.40. The van der Waals surface area contributed by atoms with Gasteiger partial charge >= 0.3 is 6.09 Å². The van der Waals surface area contributed by atoms with Gasteiger partial charge in [0.25, 0.3) is 5.91 Å². The van der Waals surface area contributed by atoms with Gasteiger partial charge in [-0.2, -0.15) is 10.4 Å². The third-order valence-electron chi connectivity index (χ3n) is 6.11. The Labute approximate surface area is 187 Å². The molecule has 0 saturated carbocycles. The first-order valence-electron chi connectivity index (χ1n) is 10.7. The molecule has 9 heteroatoms. The number of nitriles is 1. The molecule has 1 fully saturated rings. The summed E-state index contributed by atoms with van der Waals surface area (Å²) >= 11 is 0. The molecule has 2 amide bonds. The highest BCUT2D eigenvalue weighted by molar-refractivity contribution is 5.98. The van der Waals surface area contributed by atoms with Crippen molar-refractivity contribution in [3.63, 3.8) is 0 Å². The molecule has 0 radical (unpaired) electrons. The molecule has 3 atom stereocenters. The number of piperidine rings is 1. The number of para-hydroxylation sites is 1. The number of benzene rings is 1. The summed E-state index contributed by atoms with van der Waals surface area (Å²) in [7, 11) is 0. The lowest BCUT2D eigenvalue weighted by molar-refractivity contribution is 0.0282. The van der Waals surface area contributed by atoms with E-state index in [1.807, 2.05) is 51.1 Å². The maximum atomic E-state index is 12.1. The molecule has 1 aliphatic heterocycles. The standard InChI is InChI=1S/C23H30N6O3/c1-23(2,3)19-13-15(10-12-28(19)22(31)32)18(9-11-24)29-14-17(20(25)30)21(27-29)26-16-7-5-4-6-8-16/h4-8,14-15,18-19H,9-10,12-13H2,1-3H3,(H2,25,30)(H,26,27)(H,31,32). The van der Waals surface area contributed by atoms with Gasteiger partial charge in [0, 0.05) is 24.5 Å². The zero-order valence-electron chi connectivity index (χ0n) is 18.7. The lowest BCUT2D eigenvalue weighted by atomic mass is 9.74. The number of amides is 2. The fraction of sp³-hybridized carbons (Fsp3) is 0.478. The van der Waals surface area contributed by atoms with Gasteiger partial charge in [-0.1, -0.05) is 39.0 Å². The average Bonchev–Trinajstić information content (AvgIpc) is 3.15. The van der Waals surface area contributed by atoms with E-state index in [4.69, 9.17) is 5.73 Å². The molecule has 2 aromatic rings. The first-order valence-corrected chi connectivity index (χ1v) is 10.7. The number of nitrogens with two attached hydrogens (primary N) is 1. The fourth-order valence-electron chi connectivity index (χ4n) is 4.45. The normalized spacial score (nSPS) is 19.8. The van der Waals surface area contributed by atoms with Crippen LogP contribution >= 0.6 is 0 Å². The van der Waals surface area contributed by atoms with Crippen LogP contribution in [0.5, 0.6) is 0 Å². The van der Waals surface area contributed by atoms with Crippen molar-refractivity contribution in [2.24, 2.45) is 17.1 Å². The Morgan fingerprint density at radius 1 is 1.34 bits per heavy atom. The van der Waals surface area contributed by atoms with Crippen molar-refractivity contribution in [3.8, 4) is 6.07 Å². The van der Waals surface area contributed by atoms with E-state index in [0.29, 0.717) is 25.2 Å². The molecule has 32 heavy (non-hydrogen) atoms. The molecule has 1 aromatic heterocycles. The van der Waals surface area contributed by atoms with Crippen LogP contribution in [0, 0.1) is 22.7 Å². The van der Waals surface area contributed by atoms with E-state index < -0.39 is 12.0 Å². The molecule has 1 aliphatic rings. The van der Waals surface area contributed by atoms with Crippen molar-refractivity contribution in [2.75, 3.05) is 11.9 Å². The Morgan fingerprint density at radius 2 is 2.03 bits per heavy atom. The van der Waals surface area contributed by atoms with Crippen LogP contribution in [0.4, 0.5) is 16.3 Å². The molecule has 2 heterocycles. The molecule has 3 rings (SSSR count). The zero-order chi connectivity index (χ0) is 23.5. The van der Waals surface area contributed by atoms with Crippen molar-refractivity contribution < 1.29 is 14.7 Å². The third kappa shape index (κ3) is 5.02. The second kappa shape index (κ2) is 9.30. The van der Waals surface area contributed by atoms with E-state index in [1.54, 1.807) is 10.9 Å². The molecule has 1 aromatic carbocycles. The van der Waals surface area contributed by atoms with E-state index in [1.165, 1.54) is 4.90 Å². The molecule has 0 bridgehead atoms. The number of hydrogen-bond donors (Lipinski definition) is 3. The van der Waals surface area contributed by atoms with Crippen LogP contribution < -0.4 is 11.1 Å². The first kappa shape index (κ1) is 23.1. The summed E-state index contributed by atoms with van der Waals surface area (Å²) in [6.07, 6.45) is 2.07. The predicted octanol–water partition coefficient (Wildman–Crippen LogP) is 3.99. The van der Waals surface area contributed by atoms with Crippen LogP contribution in [0.1, 0.15) is 56.4 Å². The minimum absolute atomic E-state index is 0.0275. The molecule has 1 saturated heterocycles. The number of likely N-dealkylation sites (tertiary alicyclic amines) is 1. The summed E-state index contributed by atoms with van der Waals surface area (Å²) in [6.45, 7) is 6.46. The van der Waals surface area contributed by atoms with Gasteiger partial charge < -0.3 is 21.1 Å². The van der Waals surface area contributed by atoms with Gasteiger partial charge in [-0.25, -0.2) is 4.79 Å². The van der Waals surface area contributed by atoms with Crippen LogP contribution in [0.15, 0.2) is 36.5 Å². The second-order valence-corrected chi connectivity index (χ2v) is 9.30. The molecular formula is C23H30N6O3. The maximum absolute atomic E-state index is 12.1.